The van der Waals surface area contributed by atoms with Crippen molar-refractivity contribution in [2.45, 2.75) is 57.7 Å². The van der Waals surface area contributed by atoms with E-state index in [1.54, 1.807) is 21.3 Å². The van der Waals surface area contributed by atoms with Crippen LogP contribution in [0.1, 0.15) is 44.6 Å². The number of nitrogens with zero attached hydrogens (tertiary/aromatic N) is 1. The molecule has 1 aromatic rings. The monoisotopic (exact) mass is 435 g/mol. The summed E-state index contributed by atoms with van der Waals surface area (Å²) < 4.78 is 16.6. The number of nitrogens with one attached hydrogen (secondary N) is 2. The fourth-order valence-corrected chi connectivity index (χ4v) is 5.23. The van der Waals surface area contributed by atoms with Crippen LogP contribution < -0.4 is 24.0 Å². The molecule has 0 radical (unpaired) electrons. The molecule has 0 spiro atoms. The molecule has 0 aromatic heterocycles. The SMILES string of the molecule is COc1ccc(C[NH+]2CC[NH+]([C@@H](C)C(=O)N(C)C3CCCCC3)CC2)c(OC)c1OC. The van der Waals surface area contributed by atoms with Crippen LogP contribution in [0.4, 0.5) is 0 Å². The first-order valence-electron chi connectivity index (χ1n) is 11.7. The lowest BCUT2D eigenvalue weighted by Crippen LogP contribution is -3.29. The number of hydrogen-bond donors (Lipinski definition) is 2. The van der Waals surface area contributed by atoms with Crippen molar-refractivity contribution in [3.05, 3.63) is 17.7 Å². The standard InChI is InChI=1S/C24H39N3O4/c1-18(24(28)25(2)20-9-7-6-8-10-20)27-15-13-26(14-16-27)17-19-11-12-21(29-3)23(31-5)22(19)30-4/h11-12,18,20H,6-10,13-17H2,1-5H3/p+2/t18-/m0/s1. The topological polar surface area (TPSA) is 56.9 Å². The molecule has 0 bridgehead atoms. The third kappa shape index (κ3) is 5.44. The van der Waals surface area contributed by atoms with E-state index < -0.39 is 0 Å². The molecule has 31 heavy (non-hydrogen) atoms. The number of carbonyl (C=O) groups is 1. The molecule has 3 rings (SSSR count). The van der Waals surface area contributed by atoms with E-state index in [-0.39, 0.29) is 6.04 Å². The predicted octanol–water partition coefficient (Wildman–Crippen LogP) is 0.175. The van der Waals surface area contributed by atoms with Crippen molar-refractivity contribution < 1.29 is 28.8 Å². The first-order valence-corrected chi connectivity index (χ1v) is 11.7. The van der Waals surface area contributed by atoms with E-state index in [9.17, 15) is 4.79 Å². The number of likely N-dealkylation sites (N-methyl/N-ethyl adjacent to an activating group) is 1. The molecule has 1 aliphatic carbocycles. The van der Waals surface area contributed by atoms with Gasteiger partial charge in [0.2, 0.25) is 5.75 Å². The van der Waals surface area contributed by atoms with Crippen molar-refractivity contribution in [2.24, 2.45) is 0 Å². The van der Waals surface area contributed by atoms with Crippen LogP contribution in [-0.4, -0.2) is 77.4 Å². The summed E-state index contributed by atoms with van der Waals surface area (Å²) in [7, 11) is 6.97. The Morgan fingerprint density at radius 3 is 2.23 bits per heavy atom. The number of methoxy groups -OCH3 is 3. The quantitative estimate of drug-likeness (QED) is 0.612. The second-order valence-corrected chi connectivity index (χ2v) is 9.04. The zero-order valence-electron chi connectivity index (χ0n) is 20.0. The third-order valence-corrected chi connectivity index (χ3v) is 7.28. The van der Waals surface area contributed by atoms with Gasteiger partial charge in [-0.3, -0.25) is 4.79 Å². The molecule has 1 amide bonds. The summed E-state index contributed by atoms with van der Waals surface area (Å²) >= 11 is 0. The molecule has 1 atom stereocenters. The Balaban J connectivity index is 1.56. The van der Waals surface area contributed by atoms with Gasteiger partial charge < -0.3 is 28.9 Å². The highest BCUT2D eigenvalue weighted by molar-refractivity contribution is 5.80. The first-order chi connectivity index (χ1) is 15.0. The number of carbonyl (C=O) groups excluding carboxylic acids is 1. The van der Waals surface area contributed by atoms with Gasteiger partial charge in [0.15, 0.2) is 17.5 Å². The first kappa shape index (κ1) is 23.7. The van der Waals surface area contributed by atoms with E-state index in [0.29, 0.717) is 23.4 Å². The molecule has 0 unspecified atom stereocenters. The van der Waals surface area contributed by atoms with E-state index in [0.717, 1.165) is 56.9 Å². The van der Waals surface area contributed by atoms with Crippen LogP contribution in [0.25, 0.3) is 0 Å². The Labute approximate surface area is 187 Å². The van der Waals surface area contributed by atoms with Crippen LogP contribution >= 0.6 is 0 Å². The van der Waals surface area contributed by atoms with E-state index in [1.165, 1.54) is 29.1 Å². The fraction of sp³-hybridized carbons (Fsp3) is 0.708. The van der Waals surface area contributed by atoms with Gasteiger partial charge in [-0.2, -0.15) is 0 Å². The molecule has 7 heteroatoms. The van der Waals surface area contributed by atoms with Gasteiger partial charge in [0.25, 0.3) is 5.91 Å². The number of quaternary nitrogens is 2. The molecule has 1 aromatic carbocycles. The molecular weight excluding hydrogens is 394 g/mol. The lowest BCUT2D eigenvalue weighted by Gasteiger charge is -2.37. The third-order valence-electron chi connectivity index (χ3n) is 7.28. The van der Waals surface area contributed by atoms with Gasteiger partial charge in [-0.15, -0.1) is 0 Å². The summed E-state index contributed by atoms with van der Waals surface area (Å²) in [5.41, 5.74) is 1.12. The van der Waals surface area contributed by atoms with E-state index in [4.69, 9.17) is 14.2 Å². The highest BCUT2D eigenvalue weighted by Crippen LogP contribution is 2.39. The number of ether oxygens (including phenoxy) is 3. The average Bonchev–Trinajstić information content (AvgIpc) is 2.83. The van der Waals surface area contributed by atoms with Crippen LogP contribution in [0.3, 0.4) is 0 Å². The van der Waals surface area contributed by atoms with E-state index in [1.807, 2.05) is 18.0 Å². The number of benzene rings is 1. The van der Waals surface area contributed by atoms with Crippen LogP contribution in [-0.2, 0) is 11.3 Å². The number of amides is 1. The zero-order chi connectivity index (χ0) is 22.4. The van der Waals surface area contributed by atoms with Crippen molar-refractivity contribution in [2.75, 3.05) is 54.6 Å². The van der Waals surface area contributed by atoms with Crippen molar-refractivity contribution in [3.63, 3.8) is 0 Å². The molecule has 174 valence electrons. The Kier molecular flexibility index (Phi) is 8.43. The fourth-order valence-electron chi connectivity index (χ4n) is 5.23. The molecule has 1 saturated carbocycles. The number of piperazine rings is 1. The largest absolute Gasteiger partial charge is 0.493 e. The van der Waals surface area contributed by atoms with Crippen molar-refractivity contribution in [3.8, 4) is 17.2 Å². The van der Waals surface area contributed by atoms with E-state index in [2.05, 4.69) is 13.0 Å². The molecule has 1 aliphatic heterocycles. The lowest BCUT2D eigenvalue weighted by molar-refractivity contribution is -1.02. The maximum Gasteiger partial charge on any atom is 0.280 e. The lowest BCUT2D eigenvalue weighted by atomic mass is 9.94. The number of rotatable bonds is 8. The van der Waals surface area contributed by atoms with Crippen molar-refractivity contribution >= 4 is 5.91 Å². The summed E-state index contributed by atoms with van der Waals surface area (Å²) in [6.07, 6.45) is 6.15. The molecule has 1 saturated heterocycles. The van der Waals surface area contributed by atoms with Gasteiger partial charge >= 0.3 is 0 Å². The van der Waals surface area contributed by atoms with Gasteiger partial charge in [-0.25, -0.2) is 0 Å². The molecular formula is C24H41N3O4+2. The normalized spacial score (nSPS) is 23.1. The minimum Gasteiger partial charge on any atom is -0.493 e. The smallest absolute Gasteiger partial charge is 0.280 e. The summed E-state index contributed by atoms with van der Waals surface area (Å²) in [5.74, 6) is 2.40. The zero-order valence-corrected chi connectivity index (χ0v) is 20.0. The Bertz CT molecular complexity index is 728. The van der Waals surface area contributed by atoms with E-state index >= 15 is 0 Å². The molecule has 2 fully saturated rings. The summed E-state index contributed by atoms with van der Waals surface area (Å²) in [4.78, 5) is 18.1. The Hall–Kier alpha value is -1.99. The minimum atomic E-state index is 0.0316. The van der Waals surface area contributed by atoms with Gasteiger partial charge in [0.05, 0.1) is 26.9 Å². The van der Waals surface area contributed by atoms with Crippen LogP contribution in [0.5, 0.6) is 17.2 Å². The molecule has 2 N–H and O–H groups in total. The summed E-state index contributed by atoms with van der Waals surface area (Å²) in [6, 6.07) is 4.48. The minimum absolute atomic E-state index is 0.0316. The van der Waals surface area contributed by atoms with Crippen LogP contribution in [0.2, 0.25) is 0 Å². The van der Waals surface area contributed by atoms with Crippen molar-refractivity contribution in [1.29, 1.82) is 0 Å². The molecule has 1 heterocycles. The van der Waals surface area contributed by atoms with Gasteiger partial charge in [-0.05, 0) is 31.9 Å². The number of hydrogen-bond acceptors (Lipinski definition) is 4. The highest BCUT2D eigenvalue weighted by atomic mass is 16.5. The molecule has 2 aliphatic rings. The second kappa shape index (κ2) is 11.0. The maximum atomic E-state index is 13.1. The molecule has 7 nitrogen and oxygen atoms in total. The summed E-state index contributed by atoms with van der Waals surface area (Å²) in [6.45, 7) is 7.09. The summed E-state index contributed by atoms with van der Waals surface area (Å²) in [5, 5.41) is 0. The van der Waals surface area contributed by atoms with Crippen LogP contribution in [0, 0.1) is 0 Å². The van der Waals surface area contributed by atoms with Gasteiger partial charge in [-0.1, -0.05) is 19.3 Å². The van der Waals surface area contributed by atoms with Crippen LogP contribution in [0.15, 0.2) is 12.1 Å². The van der Waals surface area contributed by atoms with Gasteiger partial charge in [0.1, 0.15) is 32.7 Å². The second-order valence-electron chi connectivity index (χ2n) is 9.04. The van der Waals surface area contributed by atoms with Gasteiger partial charge in [0, 0.05) is 13.1 Å². The highest BCUT2D eigenvalue weighted by Gasteiger charge is 2.35. The average molecular weight is 436 g/mol. The maximum absolute atomic E-state index is 13.1. The Morgan fingerprint density at radius 1 is 1.00 bits per heavy atom. The van der Waals surface area contributed by atoms with Crippen molar-refractivity contribution in [1.82, 2.24) is 4.90 Å². The Morgan fingerprint density at radius 2 is 1.65 bits per heavy atom. The predicted molar refractivity (Wildman–Crippen MR) is 120 cm³/mol.